The number of anilines is 6. The second-order valence-corrected chi connectivity index (χ2v) is 17.6. The number of hydrogen-bond donors (Lipinski definition) is 0. The van der Waals surface area contributed by atoms with Gasteiger partial charge in [0.25, 0.3) is 0 Å². The number of para-hydroxylation sites is 6. The molecule has 0 bridgehead atoms. The first-order valence-electron chi connectivity index (χ1n) is 22.0. The maximum Gasteiger partial charge on any atom is 0.143 e. The third kappa shape index (κ3) is 6.23. The molecule has 0 radical (unpaired) electrons. The Morgan fingerprint density at radius 2 is 0.892 bits per heavy atom. The Morgan fingerprint density at radius 1 is 0.369 bits per heavy atom. The Hall–Kier alpha value is -8.25. The van der Waals surface area contributed by atoms with Gasteiger partial charge in [-0.3, -0.25) is 0 Å². The normalized spacial score (nSPS) is 12.2. The fourth-order valence-corrected chi connectivity index (χ4v) is 10.9. The topological polar surface area (TPSA) is 24.6 Å². The number of rotatable bonds is 7. The number of aromatic nitrogens is 1. The minimum Gasteiger partial charge on any atom is -0.455 e. The van der Waals surface area contributed by atoms with Gasteiger partial charge >= 0.3 is 0 Å². The molecule has 0 saturated carbocycles. The van der Waals surface area contributed by atoms with Gasteiger partial charge in [0.2, 0.25) is 0 Å². The quantitative estimate of drug-likeness (QED) is 0.159. The van der Waals surface area contributed by atoms with Crippen molar-refractivity contribution in [1.29, 1.82) is 0 Å². The van der Waals surface area contributed by atoms with Crippen LogP contribution in [-0.4, -0.2) is 4.57 Å². The van der Waals surface area contributed by atoms with Crippen LogP contribution in [0.4, 0.5) is 34.1 Å². The molecule has 1 aliphatic heterocycles. The Balaban J connectivity index is 1.05. The minimum atomic E-state index is 0.896. The largest absolute Gasteiger partial charge is 0.455 e. The van der Waals surface area contributed by atoms with Crippen LogP contribution in [0.5, 0.6) is 0 Å². The summed E-state index contributed by atoms with van der Waals surface area (Å²) in [5.74, 6) is 0. The van der Waals surface area contributed by atoms with E-state index in [0.717, 1.165) is 83.9 Å². The van der Waals surface area contributed by atoms with Gasteiger partial charge in [0.15, 0.2) is 0 Å². The molecule has 0 saturated heterocycles. The number of furan rings is 1. The molecule has 0 N–H and O–H groups in total. The number of benzene rings is 10. The first-order valence-corrected chi connectivity index (χ1v) is 22.8. The second kappa shape index (κ2) is 15.2. The molecular formula is C60H39N3OS. The Kier molecular flexibility index (Phi) is 8.74. The van der Waals surface area contributed by atoms with Crippen molar-refractivity contribution in [3.8, 4) is 27.9 Å². The van der Waals surface area contributed by atoms with Crippen LogP contribution in [0, 0.1) is 0 Å². The molecule has 4 nitrogen and oxygen atoms in total. The van der Waals surface area contributed by atoms with Crippen molar-refractivity contribution in [2.24, 2.45) is 0 Å². The highest BCUT2D eigenvalue weighted by molar-refractivity contribution is 7.99. The summed E-state index contributed by atoms with van der Waals surface area (Å²) in [7, 11) is 0. The molecule has 10 aromatic carbocycles. The summed E-state index contributed by atoms with van der Waals surface area (Å²) in [6.07, 6.45) is 0. The van der Waals surface area contributed by atoms with Crippen LogP contribution in [0.1, 0.15) is 0 Å². The number of fused-ring (bicyclic) bond motifs is 8. The Labute approximate surface area is 380 Å². The highest BCUT2D eigenvalue weighted by Crippen LogP contribution is 2.53. The third-order valence-electron chi connectivity index (χ3n) is 12.7. The van der Waals surface area contributed by atoms with Gasteiger partial charge in [-0.1, -0.05) is 163 Å². The molecule has 65 heavy (non-hydrogen) atoms. The minimum absolute atomic E-state index is 0.896. The van der Waals surface area contributed by atoms with Crippen LogP contribution < -0.4 is 9.80 Å². The van der Waals surface area contributed by atoms with Crippen molar-refractivity contribution >= 4 is 89.6 Å². The Morgan fingerprint density at radius 3 is 1.57 bits per heavy atom. The zero-order valence-corrected chi connectivity index (χ0v) is 36.0. The van der Waals surface area contributed by atoms with Crippen molar-refractivity contribution < 1.29 is 4.42 Å². The summed E-state index contributed by atoms with van der Waals surface area (Å²) in [5.41, 5.74) is 16.2. The van der Waals surface area contributed by atoms with Gasteiger partial charge in [-0.15, -0.1) is 0 Å². The lowest BCUT2D eigenvalue weighted by Gasteiger charge is -2.34. The molecule has 0 aliphatic carbocycles. The number of nitrogens with zero attached hydrogens (tertiary/aromatic N) is 3. The average molecular weight is 850 g/mol. The van der Waals surface area contributed by atoms with Gasteiger partial charge in [-0.05, 0) is 102 Å². The van der Waals surface area contributed by atoms with E-state index in [9.17, 15) is 0 Å². The Bertz CT molecular complexity index is 3660. The van der Waals surface area contributed by atoms with E-state index in [-0.39, 0.29) is 0 Å². The fraction of sp³-hybridized carbons (Fsp3) is 0. The van der Waals surface area contributed by atoms with Crippen LogP contribution in [0.15, 0.2) is 251 Å². The molecule has 0 fully saturated rings. The van der Waals surface area contributed by atoms with Gasteiger partial charge < -0.3 is 18.8 Å². The summed E-state index contributed by atoms with van der Waals surface area (Å²) in [5, 5.41) is 4.70. The lowest BCUT2D eigenvalue weighted by atomic mass is 10.0. The third-order valence-corrected chi connectivity index (χ3v) is 13.9. The zero-order valence-electron chi connectivity index (χ0n) is 35.2. The molecule has 2 aromatic heterocycles. The monoisotopic (exact) mass is 849 g/mol. The molecule has 306 valence electrons. The zero-order chi connectivity index (χ0) is 42.8. The molecule has 12 aromatic rings. The van der Waals surface area contributed by atoms with Gasteiger partial charge in [-0.25, -0.2) is 0 Å². The van der Waals surface area contributed by atoms with Gasteiger partial charge in [0.1, 0.15) is 11.2 Å². The molecule has 3 heterocycles. The van der Waals surface area contributed by atoms with Crippen LogP contribution in [0.2, 0.25) is 0 Å². The maximum atomic E-state index is 6.51. The predicted molar refractivity (Wildman–Crippen MR) is 272 cm³/mol. The highest BCUT2D eigenvalue weighted by Gasteiger charge is 2.27. The van der Waals surface area contributed by atoms with Gasteiger partial charge in [0, 0.05) is 48.3 Å². The standard InChI is InChI=1S/C60H39N3OS/c1-2-15-40(16-3-1)41-29-33-43(34-30-41)61(44-35-31-42(32-36-44)48-20-14-21-52-51-19-6-11-26-57(51)64-60(48)52)45-37-46(62-53-22-7-4-17-49(53)50-18-5-8-23-54(50)62)39-47(38-45)63-55-24-9-12-27-58(55)65-59-28-13-10-25-56(59)63/h1-39H. The second-order valence-electron chi connectivity index (χ2n) is 16.5. The molecular weight excluding hydrogens is 811 g/mol. The fourth-order valence-electron chi connectivity index (χ4n) is 9.80. The predicted octanol–water partition coefficient (Wildman–Crippen LogP) is 17.4. The molecule has 0 spiro atoms. The molecule has 0 amide bonds. The van der Waals surface area contributed by atoms with Gasteiger partial charge in [-0.2, -0.15) is 0 Å². The van der Waals surface area contributed by atoms with E-state index in [1.165, 1.54) is 31.7 Å². The van der Waals surface area contributed by atoms with E-state index < -0.39 is 0 Å². The highest BCUT2D eigenvalue weighted by atomic mass is 32.2. The molecule has 1 aliphatic rings. The van der Waals surface area contributed by atoms with Crippen LogP contribution >= 0.6 is 11.8 Å². The number of hydrogen-bond acceptors (Lipinski definition) is 4. The van der Waals surface area contributed by atoms with Crippen LogP contribution in [-0.2, 0) is 0 Å². The van der Waals surface area contributed by atoms with Crippen molar-refractivity contribution in [1.82, 2.24) is 4.57 Å². The molecule has 0 atom stereocenters. The van der Waals surface area contributed by atoms with Crippen molar-refractivity contribution in [3.05, 3.63) is 237 Å². The summed E-state index contributed by atoms with van der Waals surface area (Å²) >= 11 is 1.83. The molecule has 5 heteroatoms. The average Bonchev–Trinajstić information content (AvgIpc) is 3.93. The van der Waals surface area contributed by atoms with E-state index in [1.54, 1.807) is 0 Å². The lowest BCUT2D eigenvalue weighted by Crippen LogP contribution is -2.17. The summed E-state index contributed by atoms with van der Waals surface area (Å²) in [4.78, 5) is 7.28. The summed E-state index contributed by atoms with van der Waals surface area (Å²) in [6, 6.07) is 85.4. The van der Waals surface area contributed by atoms with E-state index >= 15 is 0 Å². The van der Waals surface area contributed by atoms with Crippen LogP contribution in [0.3, 0.4) is 0 Å². The molecule has 0 unspecified atom stereocenters. The lowest BCUT2D eigenvalue weighted by molar-refractivity contribution is 0.670. The van der Waals surface area contributed by atoms with Crippen molar-refractivity contribution in [2.75, 3.05) is 9.80 Å². The van der Waals surface area contributed by atoms with Crippen LogP contribution in [0.25, 0.3) is 71.7 Å². The molecule has 13 rings (SSSR count). The van der Waals surface area contributed by atoms with E-state index in [2.05, 4.69) is 239 Å². The van der Waals surface area contributed by atoms with E-state index in [4.69, 9.17) is 4.42 Å². The van der Waals surface area contributed by atoms with Crippen molar-refractivity contribution in [2.45, 2.75) is 9.79 Å². The van der Waals surface area contributed by atoms with Gasteiger partial charge in [0.05, 0.1) is 39.5 Å². The maximum absolute atomic E-state index is 6.51. The smallest absolute Gasteiger partial charge is 0.143 e. The summed E-state index contributed by atoms with van der Waals surface area (Å²) < 4.78 is 8.95. The van der Waals surface area contributed by atoms with Crippen molar-refractivity contribution in [3.63, 3.8) is 0 Å². The first-order chi connectivity index (χ1) is 32.2. The van der Waals surface area contributed by atoms with E-state index in [0.29, 0.717) is 0 Å². The van der Waals surface area contributed by atoms with E-state index in [1.807, 2.05) is 23.9 Å². The SMILES string of the molecule is c1ccc(-c2ccc(N(c3ccc(-c4cccc5c4oc4ccccc45)cc3)c3cc(N4c5ccccc5Sc5ccccc54)cc(-n4c5ccccc5c5ccccc54)c3)cc2)cc1. The summed E-state index contributed by atoms with van der Waals surface area (Å²) in [6.45, 7) is 0. The first kappa shape index (κ1) is 37.3.